The van der Waals surface area contributed by atoms with Crippen LogP contribution in [0.3, 0.4) is 0 Å². The number of methoxy groups -OCH3 is 3. The van der Waals surface area contributed by atoms with Crippen LogP contribution in [0.1, 0.15) is 15.9 Å². The lowest BCUT2D eigenvalue weighted by Gasteiger charge is -2.14. The minimum Gasteiger partial charge on any atom is -0.493 e. The second-order valence-corrected chi connectivity index (χ2v) is 8.84. The number of para-hydroxylation sites is 1. The van der Waals surface area contributed by atoms with E-state index in [1.807, 2.05) is 0 Å². The van der Waals surface area contributed by atoms with Gasteiger partial charge in [-0.3, -0.25) is 20.3 Å². The van der Waals surface area contributed by atoms with Crippen LogP contribution in [0.15, 0.2) is 64.6 Å². The molecule has 0 fully saturated rings. The van der Waals surface area contributed by atoms with Crippen LogP contribution in [-0.4, -0.2) is 52.0 Å². The Morgan fingerprint density at radius 2 is 1.70 bits per heavy atom. The number of hydrogen-bond acceptors (Lipinski definition) is 10. The number of hydrogen-bond donors (Lipinski definition) is 3. The predicted octanol–water partition coefficient (Wildman–Crippen LogP) is 3.57. The predicted molar refractivity (Wildman–Crippen MR) is 135 cm³/mol. The van der Waals surface area contributed by atoms with E-state index in [9.17, 15) is 28.4 Å². The zero-order valence-corrected chi connectivity index (χ0v) is 20.6. The molecule has 0 saturated carbocycles. The Labute approximate surface area is 211 Å². The van der Waals surface area contributed by atoms with Crippen molar-refractivity contribution < 1.29 is 37.5 Å². The lowest BCUT2D eigenvalue weighted by atomic mass is 10.2. The highest BCUT2D eigenvalue weighted by molar-refractivity contribution is 7.93. The quantitative estimate of drug-likeness (QED) is 0.188. The van der Waals surface area contributed by atoms with Crippen LogP contribution >= 0.6 is 0 Å². The van der Waals surface area contributed by atoms with Crippen LogP contribution in [0, 0.1) is 10.1 Å². The number of carbonyl (C=O) groups is 1. The van der Waals surface area contributed by atoms with Gasteiger partial charge in [-0.25, -0.2) is 13.2 Å². The van der Waals surface area contributed by atoms with E-state index in [1.165, 1.54) is 57.9 Å². The molecule has 3 rings (SSSR count). The van der Waals surface area contributed by atoms with Crippen molar-refractivity contribution in [3.8, 4) is 17.2 Å². The van der Waals surface area contributed by atoms with Gasteiger partial charge in [-0.05, 0) is 30.3 Å². The fourth-order valence-electron chi connectivity index (χ4n) is 3.30. The zero-order valence-electron chi connectivity index (χ0n) is 19.8. The summed E-state index contributed by atoms with van der Waals surface area (Å²) in [5.41, 5.74) is 1.88. The number of benzene rings is 3. The molecule has 0 spiro atoms. The van der Waals surface area contributed by atoms with Crippen LogP contribution in [0.25, 0.3) is 0 Å². The summed E-state index contributed by atoms with van der Waals surface area (Å²) in [6, 6.07) is 11.7. The summed E-state index contributed by atoms with van der Waals surface area (Å²) < 4.78 is 44.5. The highest BCUT2D eigenvalue weighted by Crippen LogP contribution is 2.39. The molecule has 0 aliphatic carbocycles. The number of anilines is 2. The molecule has 37 heavy (non-hydrogen) atoms. The molecule has 3 aromatic carbocycles. The smallest absolute Gasteiger partial charge is 0.337 e. The third-order valence-corrected chi connectivity index (χ3v) is 6.40. The van der Waals surface area contributed by atoms with Crippen molar-refractivity contribution >= 4 is 39.3 Å². The van der Waals surface area contributed by atoms with Gasteiger partial charge in [0.15, 0.2) is 11.5 Å². The first-order valence-electron chi connectivity index (χ1n) is 10.3. The standard InChI is InChI=1S/C23H22N4O9S/c1-34-19-11-8-14(21(35-2)22(19)36-3)13-24-25-18-10-9-15(27(30)31)12-20(18)37(32,33)26-17-7-5-4-6-16(17)23(28)29/h4-13,25-26H,1-3H3,(H,28,29). The van der Waals surface area contributed by atoms with Crippen molar-refractivity contribution in [2.24, 2.45) is 5.10 Å². The third kappa shape index (κ3) is 5.87. The summed E-state index contributed by atoms with van der Waals surface area (Å²) in [6.07, 6.45) is 1.33. The number of ether oxygens (including phenoxy) is 3. The number of nitro groups is 1. The molecule has 0 bridgehead atoms. The first-order valence-corrected chi connectivity index (χ1v) is 11.8. The number of non-ortho nitro benzene ring substituents is 1. The maximum atomic E-state index is 13.2. The first kappa shape index (κ1) is 26.7. The Bertz CT molecular complexity index is 1470. The molecule has 0 amide bonds. The number of aromatic carboxylic acids is 1. The summed E-state index contributed by atoms with van der Waals surface area (Å²) in [5.74, 6) is -0.324. The van der Waals surface area contributed by atoms with Gasteiger partial charge in [-0.2, -0.15) is 5.10 Å². The fourth-order valence-corrected chi connectivity index (χ4v) is 4.55. The summed E-state index contributed by atoms with van der Waals surface area (Å²) in [5, 5.41) is 24.7. The molecule has 0 saturated heterocycles. The van der Waals surface area contributed by atoms with Crippen LogP contribution in [0.5, 0.6) is 17.2 Å². The number of nitrogens with zero attached hydrogens (tertiary/aromatic N) is 2. The van der Waals surface area contributed by atoms with E-state index in [1.54, 1.807) is 12.1 Å². The second kappa shape index (κ2) is 11.3. The number of nitrogens with one attached hydrogen (secondary N) is 2. The molecule has 3 N–H and O–H groups in total. The normalized spacial score (nSPS) is 11.1. The van der Waals surface area contributed by atoms with E-state index in [0.29, 0.717) is 22.8 Å². The van der Waals surface area contributed by atoms with Crippen LogP contribution in [-0.2, 0) is 10.0 Å². The number of carboxylic acid groups (broad SMARTS) is 1. The summed E-state index contributed by atoms with van der Waals surface area (Å²) in [7, 11) is -0.181. The molecular weight excluding hydrogens is 508 g/mol. The van der Waals surface area contributed by atoms with Gasteiger partial charge in [-0.1, -0.05) is 12.1 Å². The third-order valence-electron chi connectivity index (χ3n) is 4.99. The first-order chi connectivity index (χ1) is 17.6. The summed E-state index contributed by atoms with van der Waals surface area (Å²) >= 11 is 0. The number of hydrazone groups is 1. The van der Waals surface area contributed by atoms with Crippen molar-refractivity contribution in [1.29, 1.82) is 0 Å². The van der Waals surface area contributed by atoms with Gasteiger partial charge in [0.05, 0.1) is 49.4 Å². The van der Waals surface area contributed by atoms with Crippen molar-refractivity contribution in [2.75, 3.05) is 31.5 Å². The molecule has 0 heterocycles. The molecule has 0 aliphatic rings. The van der Waals surface area contributed by atoms with Gasteiger partial charge in [0.25, 0.3) is 15.7 Å². The molecule has 0 radical (unpaired) electrons. The molecular formula is C23H22N4O9S. The van der Waals surface area contributed by atoms with Crippen LogP contribution < -0.4 is 24.4 Å². The van der Waals surface area contributed by atoms with Crippen molar-refractivity contribution in [3.63, 3.8) is 0 Å². The molecule has 0 unspecified atom stereocenters. The monoisotopic (exact) mass is 530 g/mol. The Kier molecular flexibility index (Phi) is 8.14. The van der Waals surface area contributed by atoms with E-state index < -0.39 is 31.5 Å². The number of rotatable bonds is 11. The molecule has 0 aromatic heterocycles. The summed E-state index contributed by atoms with van der Waals surface area (Å²) in [4.78, 5) is 21.5. The van der Waals surface area contributed by atoms with Crippen LogP contribution in [0.4, 0.5) is 17.1 Å². The topological polar surface area (TPSA) is 179 Å². The second-order valence-electron chi connectivity index (χ2n) is 7.19. The van der Waals surface area contributed by atoms with Gasteiger partial charge in [-0.15, -0.1) is 0 Å². The molecule has 3 aromatic rings. The number of carboxylic acids is 1. The lowest BCUT2D eigenvalue weighted by molar-refractivity contribution is -0.385. The highest BCUT2D eigenvalue weighted by Gasteiger charge is 2.24. The average Bonchev–Trinajstić information content (AvgIpc) is 2.88. The Morgan fingerprint density at radius 1 is 1.00 bits per heavy atom. The van der Waals surface area contributed by atoms with Crippen molar-refractivity contribution in [2.45, 2.75) is 4.90 Å². The molecule has 0 aliphatic heterocycles. The largest absolute Gasteiger partial charge is 0.493 e. The van der Waals surface area contributed by atoms with E-state index >= 15 is 0 Å². The van der Waals surface area contributed by atoms with Gasteiger partial charge in [0.1, 0.15) is 4.90 Å². The number of nitro benzene ring substituents is 1. The molecule has 13 nitrogen and oxygen atoms in total. The molecule has 194 valence electrons. The zero-order chi connectivity index (χ0) is 27.2. The Balaban J connectivity index is 2.01. The SMILES string of the molecule is COc1ccc(C=NNc2ccc([N+](=O)[O-])cc2S(=O)(=O)Nc2ccccc2C(=O)O)c(OC)c1OC. The highest BCUT2D eigenvalue weighted by atomic mass is 32.2. The minimum absolute atomic E-state index is 0.110. The van der Waals surface area contributed by atoms with E-state index in [0.717, 1.165) is 12.1 Å². The lowest BCUT2D eigenvalue weighted by Crippen LogP contribution is -2.17. The maximum Gasteiger partial charge on any atom is 0.337 e. The van der Waals surface area contributed by atoms with Crippen LogP contribution in [0.2, 0.25) is 0 Å². The minimum atomic E-state index is -4.50. The number of sulfonamides is 1. The van der Waals surface area contributed by atoms with E-state index in [4.69, 9.17) is 14.2 Å². The van der Waals surface area contributed by atoms with Gasteiger partial charge < -0.3 is 19.3 Å². The maximum absolute atomic E-state index is 13.2. The van der Waals surface area contributed by atoms with Crippen molar-refractivity contribution in [1.82, 2.24) is 0 Å². The van der Waals surface area contributed by atoms with E-state index in [2.05, 4.69) is 15.2 Å². The van der Waals surface area contributed by atoms with Gasteiger partial charge in [0, 0.05) is 17.7 Å². The Morgan fingerprint density at radius 3 is 2.32 bits per heavy atom. The molecule has 0 atom stereocenters. The Hall–Kier alpha value is -4.85. The molecule has 14 heteroatoms. The van der Waals surface area contributed by atoms with Gasteiger partial charge >= 0.3 is 5.97 Å². The van der Waals surface area contributed by atoms with Gasteiger partial charge in [0.2, 0.25) is 5.75 Å². The average molecular weight is 531 g/mol. The van der Waals surface area contributed by atoms with E-state index in [-0.39, 0.29) is 16.9 Å². The summed E-state index contributed by atoms with van der Waals surface area (Å²) in [6.45, 7) is 0. The van der Waals surface area contributed by atoms with Crippen molar-refractivity contribution in [3.05, 3.63) is 75.8 Å². The fraction of sp³-hybridized carbons (Fsp3) is 0.130.